The maximum atomic E-state index is 12.2. The van der Waals surface area contributed by atoms with Crippen molar-refractivity contribution in [2.24, 2.45) is 11.0 Å². The molecular formula is C18H18BrN3O2S. The first-order chi connectivity index (χ1) is 12.0. The van der Waals surface area contributed by atoms with Crippen LogP contribution in [-0.2, 0) is 9.59 Å². The van der Waals surface area contributed by atoms with E-state index in [-0.39, 0.29) is 0 Å². The van der Waals surface area contributed by atoms with Gasteiger partial charge >= 0.3 is 0 Å². The summed E-state index contributed by atoms with van der Waals surface area (Å²) >= 11 is 5.00. The smallest absolute Gasteiger partial charge is 0.252 e. The minimum absolute atomic E-state index is 0.399. The molecule has 2 rings (SSSR count). The fraction of sp³-hybridized carbons (Fsp3) is 0.167. The third-order valence-corrected chi connectivity index (χ3v) is 4.86. The Kier molecular flexibility index (Phi) is 7.21. The van der Waals surface area contributed by atoms with Crippen molar-refractivity contribution in [1.82, 2.24) is 5.43 Å². The summed E-state index contributed by atoms with van der Waals surface area (Å²) in [5, 5.41) is 6.62. The molecular weight excluding hydrogens is 402 g/mol. The first-order valence-electron chi connectivity index (χ1n) is 7.53. The molecule has 1 atom stereocenters. The number of hydrazone groups is 1. The summed E-state index contributed by atoms with van der Waals surface area (Å²) in [7, 11) is 0. The lowest BCUT2D eigenvalue weighted by molar-refractivity contribution is -0.131. The Bertz CT molecular complexity index is 778. The standard InChI is InChI=1S/C18H18BrN3O2S/c1-12(17(23)21-16-6-4-3-5-15(16)19)18(24)22-20-11-13-7-9-14(25-2)10-8-13/h3-12H,1-2H3,(H,21,23)(H,22,24). The van der Waals surface area contributed by atoms with Crippen LogP contribution in [0.25, 0.3) is 0 Å². The van der Waals surface area contributed by atoms with E-state index in [1.165, 1.54) is 6.92 Å². The molecule has 7 heteroatoms. The summed E-state index contributed by atoms with van der Waals surface area (Å²) in [4.78, 5) is 25.4. The largest absolute Gasteiger partial charge is 0.324 e. The second-order valence-corrected chi connectivity index (χ2v) is 6.93. The highest BCUT2D eigenvalue weighted by Gasteiger charge is 2.21. The van der Waals surface area contributed by atoms with E-state index >= 15 is 0 Å². The lowest BCUT2D eigenvalue weighted by Crippen LogP contribution is -2.34. The van der Waals surface area contributed by atoms with Crippen molar-refractivity contribution in [2.45, 2.75) is 11.8 Å². The molecule has 0 saturated heterocycles. The lowest BCUT2D eigenvalue weighted by atomic mass is 10.1. The number of nitrogens with one attached hydrogen (secondary N) is 2. The van der Waals surface area contributed by atoms with Crippen molar-refractivity contribution in [3.63, 3.8) is 0 Å². The summed E-state index contributed by atoms with van der Waals surface area (Å²) in [5.74, 6) is -1.74. The molecule has 0 saturated carbocycles. The number of anilines is 1. The number of amides is 2. The van der Waals surface area contributed by atoms with Crippen LogP contribution in [0.3, 0.4) is 0 Å². The van der Waals surface area contributed by atoms with Crippen molar-refractivity contribution in [2.75, 3.05) is 11.6 Å². The van der Waals surface area contributed by atoms with E-state index in [1.807, 2.05) is 42.7 Å². The Balaban J connectivity index is 1.89. The van der Waals surface area contributed by atoms with Crippen LogP contribution < -0.4 is 10.7 Å². The van der Waals surface area contributed by atoms with Gasteiger partial charge in [-0.05, 0) is 58.9 Å². The number of benzene rings is 2. The molecule has 1 unspecified atom stereocenters. The minimum atomic E-state index is -0.872. The van der Waals surface area contributed by atoms with Gasteiger partial charge in [-0.25, -0.2) is 5.43 Å². The molecule has 0 aromatic heterocycles. The molecule has 25 heavy (non-hydrogen) atoms. The Morgan fingerprint density at radius 1 is 1.12 bits per heavy atom. The van der Waals surface area contributed by atoms with Crippen molar-refractivity contribution in [3.05, 3.63) is 58.6 Å². The van der Waals surface area contributed by atoms with Gasteiger partial charge in [-0.2, -0.15) is 5.10 Å². The molecule has 2 aromatic carbocycles. The predicted octanol–water partition coefficient (Wildman–Crippen LogP) is 3.90. The maximum Gasteiger partial charge on any atom is 0.252 e. The number of para-hydroxylation sites is 1. The van der Waals surface area contributed by atoms with Crippen molar-refractivity contribution in [3.8, 4) is 0 Å². The predicted molar refractivity (Wildman–Crippen MR) is 106 cm³/mol. The highest BCUT2D eigenvalue weighted by atomic mass is 79.9. The molecule has 0 aliphatic rings. The second kappa shape index (κ2) is 9.39. The van der Waals surface area contributed by atoms with Crippen LogP contribution in [0, 0.1) is 5.92 Å². The number of nitrogens with zero attached hydrogens (tertiary/aromatic N) is 1. The normalized spacial score (nSPS) is 12.0. The van der Waals surface area contributed by atoms with Gasteiger partial charge in [0.1, 0.15) is 5.92 Å². The third kappa shape index (κ3) is 5.72. The van der Waals surface area contributed by atoms with Crippen molar-refractivity contribution >= 4 is 51.4 Å². The van der Waals surface area contributed by atoms with Gasteiger partial charge < -0.3 is 5.32 Å². The fourth-order valence-corrected chi connectivity index (χ4v) is 2.67. The Hall–Kier alpha value is -2.12. The molecule has 130 valence electrons. The summed E-state index contributed by atoms with van der Waals surface area (Å²) in [6.45, 7) is 1.53. The van der Waals surface area contributed by atoms with Crippen LogP contribution in [-0.4, -0.2) is 24.3 Å². The van der Waals surface area contributed by atoms with Crippen LogP contribution in [0.2, 0.25) is 0 Å². The average molecular weight is 420 g/mol. The Morgan fingerprint density at radius 3 is 2.44 bits per heavy atom. The van der Waals surface area contributed by atoms with Crippen LogP contribution >= 0.6 is 27.7 Å². The number of carbonyl (C=O) groups is 2. The van der Waals surface area contributed by atoms with Crippen LogP contribution in [0.15, 0.2) is 63.0 Å². The van der Waals surface area contributed by atoms with Gasteiger partial charge in [0.05, 0.1) is 11.9 Å². The summed E-state index contributed by atoms with van der Waals surface area (Å²) < 4.78 is 0.752. The first-order valence-corrected chi connectivity index (χ1v) is 9.55. The van der Waals surface area contributed by atoms with Gasteiger partial charge in [-0.3, -0.25) is 9.59 Å². The van der Waals surface area contributed by atoms with Gasteiger partial charge in [0.2, 0.25) is 5.91 Å². The number of carbonyl (C=O) groups excluding carboxylic acids is 2. The molecule has 0 radical (unpaired) electrons. The van der Waals surface area contributed by atoms with Crippen LogP contribution in [0.5, 0.6) is 0 Å². The zero-order valence-electron chi connectivity index (χ0n) is 13.8. The molecule has 5 nitrogen and oxygen atoms in total. The highest BCUT2D eigenvalue weighted by Crippen LogP contribution is 2.21. The fourth-order valence-electron chi connectivity index (χ4n) is 1.88. The van der Waals surface area contributed by atoms with Crippen molar-refractivity contribution in [1.29, 1.82) is 0 Å². The zero-order chi connectivity index (χ0) is 18.2. The van der Waals surface area contributed by atoms with Gasteiger partial charge in [0.25, 0.3) is 5.91 Å². The number of hydrogen-bond acceptors (Lipinski definition) is 4. The monoisotopic (exact) mass is 419 g/mol. The quantitative estimate of drug-likeness (QED) is 0.322. The van der Waals surface area contributed by atoms with Gasteiger partial charge in [0, 0.05) is 9.37 Å². The Labute approximate surface area is 159 Å². The van der Waals surface area contributed by atoms with E-state index < -0.39 is 17.7 Å². The van der Waals surface area contributed by atoms with Crippen molar-refractivity contribution < 1.29 is 9.59 Å². The zero-order valence-corrected chi connectivity index (χ0v) is 16.2. The van der Waals surface area contributed by atoms with E-state index in [2.05, 4.69) is 31.8 Å². The second-order valence-electron chi connectivity index (χ2n) is 5.20. The first kappa shape index (κ1) is 19.2. The minimum Gasteiger partial charge on any atom is -0.324 e. The summed E-state index contributed by atoms with van der Waals surface area (Å²) in [6, 6.07) is 15.0. The molecule has 0 spiro atoms. The molecule has 0 bridgehead atoms. The average Bonchev–Trinajstić information content (AvgIpc) is 2.63. The van der Waals surface area contributed by atoms with Crippen LogP contribution in [0.4, 0.5) is 5.69 Å². The molecule has 0 fully saturated rings. The van der Waals surface area contributed by atoms with Gasteiger partial charge in [0.15, 0.2) is 0 Å². The number of halogens is 1. The number of hydrogen-bond donors (Lipinski definition) is 2. The van der Waals surface area contributed by atoms with E-state index in [1.54, 1.807) is 30.1 Å². The summed E-state index contributed by atoms with van der Waals surface area (Å²) in [6.07, 6.45) is 3.55. The molecule has 2 N–H and O–H groups in total. The topological polar surface area (TPSA) is 70.6 Å². The van der Waals surface area contributed by atoms with E-state index in [0.717, 1.165) is 14.9 Å². The number of thioether (sulfide) groups is 1. The molecule has 2 aromatic rings. The van der Waals surface area contributed by atoms with Crippen LogP contribution in [0.1, 0.15) is 12.5 Å². The van der Waals surface area contributed by atoms with E-state index in [0.29, 0.717) is 5.69 Å². The number of rotatable bonds is 6. The molecule has 0 aliphatic carbocycles. The highest BCUT2D eigenvalue weighted by molar-refractivity contribution is 9.10. The van der Waals surface area contributed by atoms with E-state index in [9.17, 15) is 9.59 Å². The SMILES string of the molecule is CSc1ccc(C=NNC(=O)C(C)C(=O)Nc2ccccc2Br)cc1. The third-order valence-electron chi connectivity index (χ3n) is 3.42. The van der Waals surface area contributed by atoms with Gasteiger partial charge in [-0.1, -0.05) is 24.3 Å². The molecule has 2 amide bonds. The molecule has 0 heterocycles. The van der Waals surface area contributed by atoms with E-state index in [4.69, 9.17) is 0 Å². The Morgan fingerprint density at radius 2 is 1.80 bits per heavy atom. The molecule has 0 aliphatic heterocycles. The maximum absolute atomic E-state index is 12.2. The lowest BCUT2D eigenvalue weighted by Gasteiger charge is -2.11. The summed E-state index contributed by atoms with van der Waals surface area (Å²) in [5.41, 5.74) is 3.87. The van der Waals surface area contributed by atoms with Gasteiger partial charge in [-0.15, -0.1) is 11.8 Å².